The largest absolute Gasteiger partial charge is 0.484 e. The third-order valence-electron chi connectivity index (χ3n) is 2.12. The lowest BCUT2D eigenvalue weighted by molar-refractivity contribution is 0.293. The summed E-state index contributed by atoms with van der Waals surface area (Å²) in [4.78, 5) is 8.32. The highest BCUT2D eigenvalue weighted by Crippen LogP contribution is 2.28. The molecule has 6 heteroatoms. The lowest BCUT2D eigenvalue weighted by atomic mass is 10.3. The van der Waals surface area contributed by atoms with Gasteiger partial charge in [0, 0.05) is 10.7 Å². The van der Waals surface area contributed by atoms with E-state index in [4.69, 9.17) is 27.9 Å². The van der Waals surface area contributed by atoms with Crippen LogP contribution in [0.4, 0.5) is 0 Å². The zero-order valence-corrected chi connectivity index (χ0v) is 12.6. The first-order chi connectivity index (χ1) is 8.54. The predicted molar refractivity (Wildman–Crippen MR) is 75.3 cm³/mol. The van der Waals surface area contributed by atoms with Crippen LogP contribution in [0.2, 0.25) is 10.2 Å². The molecule has 1 aromatic heterocycles. The van der Waals surface area contributed by atoms with Gasteiger partial charge >= 0.3 is 0 Å². The SMILES string of the molecule is Cc1cc(Cl)nc(COc2ccc(Cl)cc2Br)n1. The maximum absolute atomic E-state index is 5.85. The first-order valence-electron chi connectivity index (χ1n) is 5.12. The Balaban J connectivity index is 2.11. The molecule has 2 aromatic rings. The van der Waals surface area contributed by atoms with Crippen molar-refractivity contribution in [2.45, 2.75) is 13.5 Å². The Morgan fingerprint density at radius 1 is 1.22 bits per heavy atom. The number of aryl methyl sites for hydroxylation is 1. The van der Waals surface area contributed by atoms with E-state index in [1.807, 2.05) is 6.92 Å². The van der Waals surface area contributed by atoms with E-state index in [9.17, 15) is 0 Å². The highest BCUT2D eigenvalue weighted by molar-refractivity contribution is 9.10. The zero-order chi connectivity index (χ0) is 13.1. The fourth-order valence-corrected chi connectivity index (χ4v) is 2.44. The van der Waals surface area contributed by atoms with Crippen molar-refractivity contribution in [2.24, 2.45) is 0 Å². The molecular weight excluding hydrogens is 339 g/mol. The number of hydrogen-bond acceptors (Lipinski definition) is 3. The first-order valence-corrected chi connectivity index (χ1v) is 6.67. The predicted octanol–water partition coefficient (Wildman–Crippen LogP) is 4.43. The van der Waals surface area contributed by atoms with Crippen molar-refractivity contribution in [1.29, 1.82) is 0 Å². The highest BCUT2D eigenvalue weighted by Gasteiger charge is 2.05. The van der Waals surface area contributed by atoms with Gasteiger partial charge in [-0.1, -0.05) is 23.2 Å². The van der Waals surface area contributed by atoms with Crippen LogP contribution in [-0.4, -0.2) is 9.97 Å². The van der Waals surface area contributed by atoms with Crippen LogP contribution in [0, 0.1) is 6.92 Å². The lowest BCUT2D eigenvalue weighted by Crippen LogP contribution is -2.03. The Morgan fingerprint density at radius 2 is 2.00 bits per heavy atom. The minimum atomic E-state index is 0.252. The maximum atomic E-state index is 5.85. The highest BCUT2D eigenvalue weighted by atomic mass is 79.9. The van der Waals surface area contributed by atoms with Crippen LogP contribution in [0.5, 0.6) is 5.75 Å². The summed E-state index contributed by atoms with van der Waals surface area (Å²) in [5.74, 6) is 1.22. The van der Waals surface area contributed by atoms with Crippen molar-refractivity contribution in [3.63, 3.8) is 0 Å². The van der Waals surface area contributed by atoms with Crippen LogP contribution in [-0.2, 0) is 6.61 Å². The molecule has 0 atom stereocenters. The van der Waals surface area contributed by atoms with Crippen molar-refractivity contribution in [3.05, 3.63) is 50.4 Å². The molecule has 0 bridgehead atoms. The Morgan fingerprint density at radius 3 is 2.67 bits per heavy atom. The number of aromatic nitrogens is 2. The van der Waals surface area contributed by atoms with Crippen molar-refractivity contribution in [2.75, 3.05) is 0 Å². The molecule has 0 aliphatic heterocycles. The van der Waals surface area contributed by atoms with Gasteiger partial charge < -0.3 is 4.74 Å². The molecule has 2 rings (SSSR count). The Hall–Kier alpha value is -0.840. The molecule has 18 heavy (non-hydrogen) atoms. The van der Waals surface area contributed by atoms with Gasteiger partial charge in [-0.25, -0.2) is 9.97 Å². The fourth-order valence-electron chi connectivity index (χ4n) is 1.39. The zero-order valence-electron chi connectivity index (χ0n) is 9.45. The normalized spacial score (nSPS) is 10.4. The van der Waals surface area contributed by atoms with E-state index >= 15 is 0 Å². The molecule has 0 saturated heterocycles. The molecule has 0 N–H and O–H groups in total. The summed E-state index contributed by atoms with van der Waals surface area (Å²) >= 11 is 15.1. The molecule has 1 aromatic carbocycles. The number of nitrogens with zero attached hydrogens (tertiary/aromatic N) is 2. The molecule has 94 valence electrons. The van der Waals surface area contributed by atoms with Gasteiger partial charge in [0.1, 0.15) is 17.5 Å². The number of ether oxygens (including phenoxy) is 1. The Bertz CT molecular complexity index is 558. The average molecular weight is 348 g/mol. The van der Waals surface area contributed by atoms with E-state index in [-0.39, 0.29) is 6.61 Å². The maximum Gasteiger partial charge on any atom is 0.167 e. The summed E-state index contributed by atoms with van der Waals surface area (Å²) in [6, 6.07) is 7.00. The monoisotopic (exact) mass is 346 g/mol. The second kappa shape index (κ2) is 5.87. The molecule has 0 unspecified atom stereocenters. The second-order valence-corrected chi connectivity index (χ2v) is 5.29. The van der Waals surface area contributed by atoms with Gasteiger partial charge in [0.25, 0.3) is 0 Å². The van der Waals surface area contributed by atoms with Crippen LogP contribution >= 0.6 is 39.1 Å². The average Bonchev–Trinajstić information content (AvgIpc) is 2.26. The third-order valence-corrected chi connectivity index (χ3v) is 3.17. The van der Waals surface area contributed by atoms with Gasteiger partial charge in [0.05, 0.1) is 4.47 Å². The van der Waals surface area contributed by atoms with E-state index in [1.54, 1.807) is 24.3 Å². The number of hydrogen-bond donors (Lipinski definition) is 0. The molecule has 0 spiro atoms. The number of halogens is 3. The quantitative estimate of drug-likeness (QED) is 0.770. The van der Waals surface area contributed by atoms with E-state index in [0.29, 0.717) is 21.7 Å². The molecule has 3 nitrogen and oxygen atoms in total. The lowest BCUT2D eigenvalue weighted by Gasteiger charge is -2.08. The van der Waals surface area contributed by atoms with Crippen molar-refractivity contribution < 1.29 is 4.74 Å². The van der Waals surface area contributed by atoms with Gasteiger partial charge in [0.2, 0.25) is 0 Å². The fraction of sp³-hybridized carbons (Fsp3) is 0.167. The van der Waals surface area contributed by atoms with Crippen LogP contribution in [0.1, 0.15) is 11.5 Å². The standard InChI is InChI=1S/C12H9BrCl2N2O/c1-7-4-11(15)17-12(16-7)6-18-10-3-2-8(14)5-9(10)13/h2-5H,6H2,1H3. The molecule has 0 amide bonds. The molecule has 0 radical (unpaired) electrons. The molecule has 0 saturated carbocycles. The van der Waals surface area contributed by atoms with E-state index in [1.165, 1.54) is 0 Å². The summed E-state index contributed by atoms with van der Waals surface area (Å²) in [6.07, 6.45) is 0. The van der Waals surface area contributed by atoms with Crippen LogP contribution in [0.15, 0.2) is 28.7 Å². The van der Waals surface area contributed by atoms with Crippen molar-refractivity contribution in [1.82, 2.24) is 9.97 Å². The molecule has 0 aliphatic carbocycles. The summed E-state index contributed by atoms with van der Waals surface area (Å²) < 4.78 is 6.38. The topological polar surface area (TPSA) is 35.0 Å². The third kappa shape index (κ3) is 3.57. The van der Waals surface area contributed by atoms with Crippen LogP contribution in [0.3, 0.4) is 0 Å². The Kier molecular flexibility index (Phi) is 4.43. The summed E-state index contributed by atoms with van der Waals surface area (Å²) in [7, 11) is 0. The second-order valence-electron chi connectivity index (χ2n) is 3.61. The first kappa shape index (κ1) is 13.6. The van der Waals surface area contributed by atoms with Gasteiger partial charge in [-0.15, -0.1) is 0 Å². The van der Waals surface area contributed by atoms with Gasteiger partial charge in [-0.05, 0) is 47.1 Å². The minimum Gasteiger partial charge on any atom is -0.484 e. The molecule has 0 aliphatic rings. The molecule has 0 fully saturated rings. The molecular formula is C12H9BrCl2N2O. The van der Waals surface area contributed by atoms with Crippen LogP contribution in [0.25, 0.3) is 0 Å². The minimum absolute atomic E-state index is 0.252. The summed E-state index contributed by atoms with van der Waals surface area (Å²) in [5.41, 5.74) is 0.809. The van der Waals surface area contributed by atoms with E-state index in [0.717, 1.165) is 10.2 Å². The summed E-state index contributed by atoms with van der Waals surface area (Å²) in [6.45, 7) is 2.11. The number of rotatable bonds is 3. The summed E-state index contributed by atoms with van der Waals surface area (Å²) in [5, 5.41) is 1.06. The smallest absolute Gasteiger partial charge is 0.167 e. The van der Waals surface area contributed by atoms with Gasteiger partial charge in [-0.2, -0.15) is 0 Å². The van der Waals surface area contributed by atoms with E-state index < -0.39 is 0 Å². The van der Waals surface area contributed by atoms with Gasteiger partial charge in [-0.3, -0.25) is 0 Å². The van der Waals surface area contributed by atoms with Crippen molar-refractivity contribution in [3.8, 4) is 5.75 Å². The molecule has 1 heterocycles. The van der Waals surface area contributed by atoms with Gasteiger partial charge in [0.15, 0.2) is 5.82 Å². The number of benzene rings is 1. The van der Waals surface area contributed by atoms with Crippen molar-refractivity contribution >= 4 is 39.1 Å². The Labute approximate surface area is 123 Å². The van der Waals surface area contributed by atoms with Crippen LogP contribution < -0.4 is 4.74 Å². The van der Waals surface area contributed by atoms with E-state index in [2.05, 4.69) is 25.9 Å².